The van der Waals surface area contributed by atoms with Crippen molar-refractivity contribution in [3.05, 3.63) is 71.3 Å². The van der Waals surface area contributed by atoms with E-state index < -0.39 is 0 Å². The molecule has 2 aliphatic heterocycles. The first-order chi connectivity index (χ1) is 12.2. The minimum Gasteiger partial charge on any atom is -0.344 e. The molecule has 2 unspecified atom stereocenters. The van der Waals surface area contributed by atoms with E-state index in [0.717, 1.165) is 12.8 Å². The quantitative estimate of drug-likeness (QED) is 0.938. The molecule has 0 saturated carbocycles. The highest BCUT2D eigenvalue weighted by Crippen LogP contribution is 2.33. The first-order valence-corrected chi connectivity index (χ1v) is 8.94. The molecule has 0 spiro atoms. The highest BCUT2D eigenvalue weighted by molar-refractivity contribution is 5.91. The first kappa shape index (κ1) is 15.9. The fourth-order valence-corrected chi connectivity index (χ4v) is 3.97. The highest BCUT2D eigenvalue weighted by Gasteiger charge is 2.36. The monoisotopic (exact) mass is 334 g/mol. The zero-order valence-corrected chi connectivity index (χ0v) is 14.2. The van der Waals surface area contributed by atoms with E-state index in [-0.39, 0.29) is 23.9 Å². The van der Waals surface area contributed by atoms with E-state index in [9.17, 15) is 9.59 Å². The predicted molar refractivity (Wildman–Crippen MR) is 95.9 cm³/mol. The second kappa shape index (κ2) is 6.71. The lowest BCUT2D eigenvalue weighted by atomic mass is 9.88. The lowest BCUT2D eigenvalue weighted by molar-refractivity contribution is -0.137. The Morgan fingerprint density at radius 3 is 2.56 bits per heavy atom. The Morgan fingerprint density at radius 2 is 1.80 bits per heavy atom. The molecule has 2 amide bonds. The molecule has 1 saturated heterocycles. The summed E-state index contributed by atoms with van der Waals surface area (Å²) < 4.78 is 0. The average molecular weight is 334 g/mol. The molecule has 1 fully saturated rings. The first-order valence-electron chi connectivity index (χ1n) is 8.94. The third kappa shape index (κ3) is 3.16. The van der Waals surface area contributed by atoms with Crippen LogP contribution in [0.5, 0.6) is 0 Å². The smallest absolute Gasteiger partial charge is 0.245 e. The van der Waals surface area contributed by atoms with Gasteiger partial charge < -0.3 is 10.2 Å². The number of rotatable bonds is 3. The molecule has 128 valence electrons. The lowest BCUT2D eigenvalue weighted by Gasteiger charge is -2.39. The van der Waals surface area contributed by atoms with Crippen LogP contribution in [-0.2, 0) is 22.4 Å². The Kier molecular flexibility index (Phi) is 4.26. The molecule has 2 aromatic rings. The molecule has 0 aromatic heterocycles. The molecule has 4 nitrogen and oxygen atoms in total. The van der Waals surface area contributed by atoms with Gasteiger partial charge in [-0.15, -0.1) is 0 Å². The van der Waals surface area contributed by atoms with Crippen molar-refractivity contribution in [2.24, 2.45) is 0 Å². The van der Waals surface area contributed by atoms with Crippen LogP contribution in [0.4, 0.5) is 0 Å². The van der Waals surface area contributed by atoms with E-state index in [4.69, 9.17) is 0 Å². The van der Waals surface area contributed by atoms with Gasteiger partial charge in [-0.05, 0) is 36.0 Å². The number of hydrogen-bond acceptors (Lipinski definition) is 2. The largest absolute Gasteiger partial charge is 0.344 e. The van der Waals surface area contributed by atoms with Crippen molar-refractivity contribution in [2.45, 2.75) is 37.8 Å². The molecular formula is C21H22N2O2. The van der Waals surface area contributed by atoms with Gasteiger partial charge in [0.25, 0.3) is 0 Å². The van der Waals surface area contributed by atoms with E-state index >= 15 is 0 Å². The maximum absolute atomic E-state index is 13.1. The number of amides is 2. The number of nitrogens with one attached hydrogen (secondary N) is 1. The van der Waals surface area contributed by atoms with Gasteiger partial charge in [0.1, 0.15) is 6.04 Å². The van der Waals surface area contributed by atoms with Crippen molar-refractivity contribution in [3.8, 4) is 0 Å². The third-order valence-electron chi connectivity index (χ3n) is 5.26. The van der Waals surface area contributed by atoms with Crippen LogP contribution in [0.25, 0.3) is 0 Å². The Hall–Kier alpha value is -2.62. The topological polar surface area (TPSA) is 49.4 Å². The van der Waals surface area contributed by atoms with Crippen molar-refractivity contribution in [2.75, 3.05) is 6.54 Å². The van der Waals surface area contributed by atoms with Crippen molar-refractivity contribution in [1.29, 1.82) is 0 Å². The third-order valence-corrected chi connectivity index (χ3v) is 5.26. The second-order valence-corrected chi connectivity index (χ2v) is 6.84. The molecule has 2 heterocycles. The number of fused-ring (bicyclic) bond motifs is 1. The maximum Gasteiger partial charge on any atom is 0.245 e. The molecule has 1 N–H and O–H groups in total. The standard InChI is InChI=1S/C21H22N2O2/c24-20-11-10-18(22-20)21(25)23-13-12-16-8-4-5-9-17(16)19(23)14-15-6-2-1-3-7-15/h1-9,18-19H,10-14H2,(H,22,24). The molecule has 4 heteroatoms. The van der Waals surface area contributed by atoms with Crippen LogP contribution in [0.1, 0.15) is 35.6 Å². The van der Waals surface area contributed by atoms with Gasteiger partial charge in [0.15, 0.2) is 0 Å². The molecule has 4 rings (SSSR count). The summed E-state index contributed by atoms with van der Waals surface area (Å²) in [5.41, 5.74) is 3.77. The van der Waals surface area contributed by atoms with Gasteiger partial charge in [-0.2, -0.15) is 0 Å². The summed E-state index contributed by atoms with van der Waals surface area (Å²) in [7, 11) is 0. The van der Waals surface area contributed by atoms with Crippen molar-refractivity contribution in [1.82, 2.24) is 10.2 Å². The van der Waals surface area contributed by atoms with E-state index in [1.54, 1.807) is 0 Å². The van der Waals surface area contributed by atoms with E-state index in [0.29, 0.717) is 19.4 Å². The van der Waals surface area contributed by atoms with Gasteiger partial charge in [0, 0.05) is 13.0 Å². The summed E-state index contributed by atoms with van der Waals surface area (Å²) >= 11 is 0. The maximum atomic E-state index is 13.1. The molecule has 2 atom stereocenters. The van der Waals surface area contributed by atoms with Crippen molar-refractivity contribution < 1.29 is 9.59 Å². The minimum atomic E-state index is -0.365. The highest BCUT2D eigenvalue weighted by atomic mass is 16.2. The van der Waals surface area contributed by atoms with Crippen LogP contribution >= 0.6 is 0 Å². The van der Waals surface area contributed by atoms with Crippen LogP contribution < -0.4 is 5.32 Å². The molecule has 0 aliphatic carbocycles. The van der Waals surface area contributed by atoms with Gasteiger partial charge in [-0.25, -0.2) is 0 Å². The summed E-state index contributed by atoms with van der Waals surface area (Å²) in [6.07, 6.45) is 2.72. The Bertz CT molecular complexity index is 787. The van der Waals surface area contributed by atoms with Crippen LogP contribution in [0, 0.1) is 0 Å². The van der Waals surface area contributed by atoms with Gasteiger partial charge in [-0.3, -0.25) is 9.59 Å². The summed E-state index contributed by atoms with van der Waals surface area (Å²) in [5.74, 6) is 0.0386. The zero-order valence-electron chi connectivity index (χ0n) is 14.2. The summed E-state index contributed by atoms with van der Waals surface area (Å²) in [6.45, 7) is 0.708. The van der Waals surface area contributed by atoms with Crippen molar-refractivity contribution >= 4 is 11.8 Å². The summed E-state index contributed by atoms with van der Waals surface area (Å²) in [4.78, 5) is 26.6. The molecule has 2 aliphatic rings. The van der Waals surface area contributed by atoms with Crippen LogP contribution in [-0.4, -0.2) is 29.3 Å². The molecule has 0 radical (unpaired) electrons. The number of hydrogen-bond donors (Lipinski definition) is 1. The van der Waals surface area contributed by atoms with Gasteiger partial charge in [-0.1, -0.05) is 54.6 Å². The number of nitrogens with zero attached hydrogens (tertiary/aromatic N) is 1. The second-order valence-electron chi connectivity index (χ2n) is 6.84. The normalized spacial score (nSPS) is 22.4. The zero-order chi connectivity index (χ0) is 17.2. The van der Waals surface area contributed by atoms with Crippen LogP contribution in [0.3, 0.4) is 0 Å². The van der Waals surface area contributed by atoms with Gasteiger partial charge >= 0.3 is 0 Å². The Morgan fingerprint density at radius 1 is 1.04 bits per heavy atom. The van der Waals surface area contributed by atoms with Crippen molar-refractivity contribution in [3.63, 3.8) is 0 Å². The summed E-state index contributed by atoms with van der Waals surface area (Å²) in [6, 6.07) is 18.4. The van der Waals surface area contributed by atoms with Gasteiger partial charge in [0.05, 0.1) is 6.04 Å². The molecule has 25 heavy (non-hydrogen) atoms. The predicted octanol–water partition coefficient (Wildman–Crippen LogP) is 2.63. The van der Waals surface area contributed by atoms with E-state index in [1.165, 1.54) is 16.7 Å². The molecular weight excluding hydrogens is 312 g/mol. The van der Waals surface area contributed by atoms with Gasteiger partial charge in [0.2, 0.25) is 11.8 Å². The minimum absolute atomic E-state index is 0.0182. The Balaban J connectivity index is 1.65. The lowest BCUT2D eigenvalue weighted by Crippen LogP contribution is -2.49. The molecule has 0 bridgehead atoms. The van der Waals surface area contributed by atoms with Crippen LogP contribution in [0.2, 0.25) is 0 Å². The fraction of sp³-hybridized carbons (Fsp3) is 0.333. The molecule has 2 aromatic carbocycles. The van der Waals surface area contributed by atoms with Crippen LogP contribution in [0.15, 0.2) is 54.6 Å². The number of carbonyl (C=O) groups is 2. The van der Waals surface area contributed by atoms with E-state index in [2.05, 4.69) is 35.6 Å². The fourth-order valence-electron chi connectivity index (χ4n) is 3.97. The number of benzene rings is 2. The van der Waals surface area contributed by atoms with E-state index in [1.807, 2.05) is 29.2 Å². The summed E-state index contributed by atoms with van der Waals surface area (Å²) in [5, 5.41) is 2.83. The SMILES string of the molecule is O=C1CCC(C(=O)N2CCc3ccccc3C2Cc2ccccc2)N1. The number of carbonyl (C=O) groups excluding carboxylic acids is 2. The Labute approximate surface area is 147 Å². The average Bonchev–Trinajstić information content (AvgIpc) is 3.09.